The van der Waals surface area contributed by atoms with Crippen LogP contribution in [0.15, 0.2) is 18.2 Å². The molecule has 2 N–H and O–H groups in total. The van der Waals surface area contributed by atoms with Crippen LogP contribution in [-0.4, -0.2) is 22.3 Å². The summed E-state index contributed by atoms with van der Waals surface area (Å²) in [6.07, 6.45) is -6.49. The molecule has 104 valence electrons. The quantitative estimate of drug-likeness (QED) is 0.834. The van der Waals surface area contributed by atoms with Crippen LogP contribution in [0.1, 0.15) is 24.0 Å². The Labute approximate surface area is 105 Å². The maximum Gasteiger partial charge on any atom is 0.416 e. The maximum absolute atomic E-state index is 13.0. The lowest BCUT2D eigenvalue weighted by molar-refractivity contribution is -0.150. The Bertz CT molecular complexity index is 520. The lowest BCUT2D eigenvalue weighted by Crippen LogP contribution is -2.35. The zero-order valence-electron chi connectivity index (χ0n) is 9.54. The molecule has 0 radical (unpaired) electrons. The van der Waals surface area contributed by atoms with Crippen molar-refractivity contribution in [1.29, 1.82) is 0 Å². The van der Waals surface area contributed by atoms with Gasteiger partial charge in [0.25, 0.3) is 0 Å². The molecule has 0 aliphatic heterocycles. The van der Waals surface area contributed by atoms with Gasteiger partial charge in [0, 0.05) is 5.41 Å². The molecule has 1 aliphatic rings. The SMILES string of the molecule is O=C(O)C(O)C1(c2ccc(F)cc2C(F)(F)F)CC1. The summed E-state index contributed by atoms with van der Waals surface area (Å²) in [5.74, 6) is -2.65. The summed E-state index contributed by atoms with van der Waals surface area (Å²) in [5, 5.41) is 18.3. The Kier molecular flexibility index (Phi) is 3.04. The van der Waals surface area contributed by atoms with Crippen molar-refractivity contribution >= 4 is 5.97 Å². The Morgan fingerprint density at radius 2 is 1.89 bits per heavy atom. The van der Waals surface area contributed by atoms with E-state index >= 15 is 0 Å². The Morgan fingerprint density at radius 3 is 2.32 bits per heavy atom. The van der Waals surface area contributed by atoms with Gasteiger partial charge in [-0.3, -0.25) is 0 Å². The van der Waals surface area contributed by atoms with Crippen LogP contribution in [0, 0.1) is 5.82 Å². The van der Waals surface area contributed by atoms with E-state index in [0.717, 1.165) is 12.1 Å². The first-order valence-electron chi connectivity index (χ1n) is 5.46. The molecule has 0 saturated heterocycles. The lowest BCUT2D eigenvalue weighted by atomic mass is 9.86. The summed E-state index contributed by atoms with van der Waals surface area (Å²) >= 11 is 0. The monoisotopic (exact) mass is 278 g/mol. The van der Waals surface area contributed by atoms with Crippen molar-refractivity contribution in [3.05, 3.63) is 35.1 Å². The number of aliphatic hydroxyl groups is 1. The average molecular weight is 278 g/mol. The molecule has 19 heavy (non-hydrogen) atoms. The summed E-state index contributed by atoms with van der Waals surface area (Å²) < 4.78 is 51.5. The molecular weight excluding hydrogens is 268 g/mol. The van der Waals surface area contributed by atoms with Gasteiger partial charge in [-0.1, -0.05) is 6.07 Å². The van der Waals surface area contributed by atoms with Gasteiger partial charge in [-0.2, -0.15) is 13.2 Å². The van der Waals surface area contributed by atoms with E-state index in [4.69, 9.17) is 5.11 Å². The first kappa shape index (κ1) is 13.8. The molecule has 0 aromatic heterocycles. The average Bonchev–Trinajstić information content (AvgIpc) is 3.08. The highest BCUT2D eigenvalue weighted by atomic mass is 19.4. The van der Waals surface area contributed by atoms with Crippen molar-refractivity contribution in [2.75, 3.05) is 0 Å². The van der Waals surface area contributed by atoms with Crippen LogP contribution < -0.4 is 0 Å². The maximum atomic E-state index is 13.0. The highest BCUT2D eigenvalue weighted by molar-refractivity contribution is 5.76. The van der Waals surface area contributed by atoms with E-state index in [1.54, 1.807) is 0 Å². The van der Waals surface area contributed by atoms with Gasteiger partial charge in [-0.25, -0.2) is 9.18 Å². The van der Waals surface area contributed by atoms with Gasteiger partial charge < -0.3 is 10.2 Å². The number of rotatable bonds is 3. The normalized spacial score (nSPS) is 19.0. The van der Waals surface area contributed by atoms with Crippen LogP contribution in [0.3, 0.4) is 0 Å². The lowest BCUT2D eigenvalue weighted by Gasteiger charge is -2.23. The van der Waals surface area contributed by atoms with E-state index < -0.39 is 35.0 Å². The number of benzene rings is 1. The number of hydrogen-bond acceptors (Lipinski definition) is 2. The fourth-order valence-electron chi connectivity index (χ4n) is 2.25. The van der Waals surface area contributed by atoms with Crippen LogP contribution in [-0.2, 0) is 16.4 Å². The zero-order chi connectivity index (χ0) is 14.4. The largest absolute Gasteiger partial charge is 0.479 e. The second kappa shape index (κ2) is 4.19. The molecule has 1 atom stereocenters. The van der Waals surface area contributed by atoms with Crippen molar-refractivity contribution < 1.29 is 32.6 Å². The number of carboxylic acids is 1. The standard InChI is InChI=1S/C12H10F4O3/c13-6-1-2-7(8(5-6)12(14,15)16)11(3-4-11)9(17)10(18)19/h1-2,5,9,17H,3-4H2,(H,18,19). The first-order chi connectivity index (χ1) is 8.68. The van der Waals surface area contributed by atoms with Crippen molar-refractivity contribution in [1.82, 2.24) is 0 Å². The highest BCUT2D eigenvalue weighted by Gasteiger charge is 2.56. The Balaban J connectivity index is 2.55. The van der Waals surface area contributed by atoms with E-state index in [1.807, 2.05) is 0 Å². The molecule has 1 saturated carbocycles. The molecule has 7 heteroatoms. The van der Waals surface area contributed by atoms with Crippen LogP contribution >= 0.6 is 0 Å². The third kappa shape index (κ3) is 2.30. The van der Waals surface area contributed by atoms with Crippen LogP contribution in [0.2, 0.25) is 0 Å². The number of aliphatic carboxylic acids is 1. The van der Waals surface area contributed by atoms with Crippen LogP contribution in [0.4, 0.5) is 17.6 Å². The van der Waals surface area contributed by atoms with Gasteiger partial charge in [0.05, 0.1) is 5.56 Å². The minimum Gasteiger partial charge on any atom is -0.479 e. The van der Waals surface area contributed by atoms with Crippen molar-refractivity contribution in [3.63, 3.8) is 0 Å². The molecule has 1 aromatic rings. The predicted octanol–water partition coefficient (Wildman–Crippen LogP) is 2.32. The van der Waals surface area contributed by atoms with Gasteiger partial charge in [-0.15, -0.1) is 0 Å². The van der Waals surface area contributed by atoms with Crippen LogP contribution in [0.5, 0.6) is 0 Å². The molecule has 2 rings (SSSR count). The third-order valence-electron chi connectivity index (χ3n) is 3.37. The van der Waals surface area contributed by atoms with Gasteiger partial charge in [0.2, 0.25) is 0 Å². The van der Waals surface area contributed by atoms with Crippen molar-refractivity contribution in [3.8, 4) is 0 Å². The topological polar surface area (TPSA) is 57.5 Å². The van der Waals surface area contributed by atoms with Gasteiger partial charge in [-0.05, 0) is 30.5 Å². The molecule has 3 nitrogen and oxygen atoms in total. The molecular formula is C12H10F4O3. The minimum absolute atomic E-state index is 0.120. The second-order valence-electron chi connectivity index (χ2n) is 4.58. The summed E-state index contributed by atoms with van der Waals surface area (Å²) in [7, 11) is 0. The van der Waals surface area contributed by atoms with E-state index in [9.17, 15) is 27.5 Å². The summed E-state index contributed by atoms with van der Waals surface area (Å²) in [4.78, 5) is 10.8. The van der Waals surface area contributed by atoms with E-state index in [0.29, 0.717) is 6.07 Å². The summed E-state index contributed by atoms with van der Waals surface area (Å²) in [5.41, 5.74) is -3.06. The second-order valence-corrected chi connectivity index (χ2v) is 4.58. The van der Waals surface area contributed by atoms with Gasteiger partial charge in [0.1, 0.15) is 5.82 Å². The summed E-state index contributed by atoms with van der Waals surface area (Å²) in [6, 6.07) is 2.06. The third-order valence-corrected chi connectivity index (χ3v) is 3.37. The Morgan fingerprint density at radius 1 is 1.32 bits per heavy atom. The molecule has 1 unspecified atom stereocenters. The molecule has 0 bridgehead atoms. The number of halogens is 4. The van der Waals surface area contributed by atoms with E-state index in [-0.39, 0.29) is 18.4 Å². The van der Waals surface area contributed by atoms with Crippen LogP contribution in [0.25, 0.3) is 0 Å². The minimum atomic E-state index is -4.80. The zero-order valence-corrected chi connectivity index (χ0v) is 9.54. The van der Waals surface area contributed by atoms with Crippen molar-refractivity contribution in [2.24, 2.45) is 0 Å². The molecule has 1 fully saturated rings. The molecule has 1 aromatic carbocycles. The summed E-state index contributed by atoms with van der Waals surface area (Å²) in [6.45, 7) is 0. The highest BCUT2D eigenvalue weighted by Crippen LogP contribution is 2.54. The smallest absolute Gasteiger partial charge is 0.416 e. The molecule has 1 aliphatic carbocycles. The Hall–Kier alpha value is -1.63. The fourth-order valence-corrected chi connectivity index (χ4v) is 2.25. The number of carboxylic acid groups (broad SMARTS) is 1. The number of hydrogen-bond donors (Lipinski definition) is 2. The fraction of sp³-hybridized carbons (Fsp3) is 0.417. The number of aliphatic hydroxyl groups excluding tert-OH is 1. The van der Waals surface area contributed by atoms with E-state index in [1.165, 1.54) is 0 Å². The molecule has 0 spiro atoms. The van der Waals surface area contributed by atoms with E-state index in [2.05, 4.69) is 0 Å². The predicted molar refractivity (Wildman–Crippen MR) is 56.0 cm³/mol. The van der Waals surface area contributed by atoms with Gasteiger partial charge >= 0.3 is 12.1 Å². The molecule has 0 amide bonds. The first-order valence-corrected chi connectivity index (χ1v) is 5.46. The number of alkyl halides is 3. The number of carbonyl (C=O) groups is 1. The van der Waals surface area contributed by atoms with Gasteiger partial charge in [0.15, 0.2) is 6.10 Å². The van der Waals surface area contributed by atoms with Crippen molar-refractivity contribution in [2.45, 2.75) is 30.5 Å². The molecule has 0 heterocycles.